The Morgan fingerprint density at radius 2 is 1.79 bits per heavy atom. The van der Waals surface area contributed by atoms with E-state index in [0.717, 1.165) is 26.2 Å². The fourth-order valence-electron chi connectivity index (χ4n) is 3.71. The molecule has 0 bridgehead atoms. The van der Waals surface area contributed by atoms with Crippen LogP contribution in [-0.2, 0) is 4.79 Å². The van der Waals surface area contributed by atoms with E-state index >= 15 is 0 Å². The van der Waals surface area contributed by atoms with Crippen molar-refractivity contribution in [2.45, 2.75) is 19.3 Å². The molecule has 4 rings (SSSR count). The first-order chi connectivity index (χ1) is 11.3. The first kappa shape index (κ1) is 16.7. The lowest BCUT2D eigenvalue weighted by molar-refractivity contribution is -0.139. The lowest BCUT2D eigenvalue weighted by Crippen LogP contribution is -2.51. The van der Waals surface area contributed by atoms with Crippen molar-refractivity contribution >= 4 is 5.91 Å². The zero-order valence-corrected chi connectivity index (χ0v) is 13.1. The van der Waals surface area contributed by atoms with Crippen LogP contribution >= 0.6 is 0 Å². The Balaban J connectivity index is 0.00000169. The number of carbonyl (C=O) groups excluding carboxylic acids is 1. The molecule has 2 fully saturated rings. The van der Waals surface area contributed by atoms with Crippen LogP contribution in [0.4, 0.5) is 0 Å². The van der Waals surface area contributed by atoms with E-state index in [1.807, 2.05) is 23.2 Å². The number of rotatable bonds is 3. The maximum atomic E-state index is 12.9. The van der Waals surface area contributed by atoms with Crippen LogP contribution < -0.4 is 5.32 Å². The summed E-state index contributed by atoms with van der Waals surface area (Å²) in [5.41, 5.74) is 2.50. The quantitative estimate of drug-likeness (QED) is 0.944. The highest BCUT2D eigenvalue weighted by Crippen LogP contribution is 2.33. The second kappa shape index (κ2) is 7.14. The standard InChI is InChI=1S/C19H21N3O.CH4/c23-19(22-12-16(13-22)15-7-4-8-20-9-15)18-11-21-10-17(18)14-5-2-1-3-6-14;/h1-9,16-18,21H,10-13H2;1H4. The predicted molar refractivity (Wildman–Crippen MR) is 95.8 cm³/mol. The van der Waals surface area contributed by atoms with Gasteiger partial charge >= 0.3 is 0 Å². The van der Waals surface area contributed by atoms with E-state index in [9.17, 15) is 4.79 Å². The summed E-state index contributed by atoms with van der Waals surface area (Å²) < 4.78 is 0. The molecular weight excluding hydrogens is 298 g/mol. The molecule has 1 amide bonds. The van der Waals surface area contributed by atoms with E-state index in [0.29, 0.717) is 17.7 Å². The van der Waals surface area contributed by atoms with Gasteiger partial charge in [0.2, 0.25) is 5.91 Å². The van der Waals surface area contributed by atoms with Gasteiger partial charge in [-0.1, -0.05) is 43.8 Å². The Labute approximate surface area is 143 Å². The number of nitrogens with one attached hydrogen (secondary N) is 1. The number of carbonyl (C=O) groups is 1. The molecule has 0 radical (unpaired) electrons. The van der Waals surface area contributed by atoms with Crippen LogP contribution in [0.25, 0.3) is 0 Å². The molecule has 4 heteroatoms. The average molecular weight is 323 g/mol. The van der Waals surface area contributed by atoms with Gasteiger partial charge in [-0.3, -0.25) is 9.78 Å². The number of hydrogen-bond acceptors (Lipinski definition) is 3. The number of amides is 1. The van der Waals surface area contributed by atoms with E-state index in [-0.39, 0.29) is 13.3 Å². The molecule has 0 saturated carbocycles. The molecule has 2 atom stereocenters. The lowest BCUT2D eigenvalue weighted by atomic mass is 9.85. The Morgan fingerprint density at radius 1 is 1.04 bits per heavy atom. The van der Waals surface area contributed by atoms with Crippen molar-refractivity contribution in [3.63, 3.8) is 0 Å². The maximum Gasteiger partial charge on any atom is 0.227 e. The summed E-state index contributed by atoms with van der Waals surface area (Å²) in [4.78, 5) is 19.0. The molecule has 3 heterocycles. The van der Waals surface area contributed by atoms with E-state index < -0.39 is 0 Å². The predicted octanol–water partition coefficient (Wildman–Crippen LogP) is 2.65. The van der Waals surface area contributed by atoms with E-state index in [4.69, 9.17) is 0 Å². The van der Waals surface area contributed by atoms with Crippen molar-refractivity contribution in [1.82, 2.24) is 15.2 Å². The minimum absolute atomic E-state index is 0. The van der Waals surface area contributed by atoms with Crippen LogP contribution in [0.1, 0.15) is 30.4 Å². The van der Waals surface area contributed by atoms with Gasteiger partial charge < -0.3 is 10.2 Å². The minimum atomic E-state index is 0. The van der Waals surface area contributed by atoms with Crippen molar-refractivity contribution in [3.8, 4) is 0 Å². The smallest absolute Gasteiger partial charge is 0.227 e. The highest BCUT2D eigenvalue weighted by Gasteiger charge is 2.40. The number of hydrogen-bond donors (Lipinski definition) is 1. The number of aromatic nitrogens is 1. The van der Waals surface area contributed by atoms with Crippen LogP contribution in [0, 0.1) is 5.92 Å². The van der Waals surface area contributed by atoms with E-state index in [2.05, 4.69) is 40.6 Å². The number of pyridine rings is 1. The summed E-state index contributed by atoms with van der Waals surface area (Å²) in [6.07, 6.45) is 3.70. The SMILES string of the molecule is C.O=C(C1CNCC1c1ccccc1)N1CC(c2cccnc2)C1. The molecule has 2 aliphatic heterocycles. The molecule has 0 aliphatic carbocycles. The second-order valence-corrected chi connectivity index (χ2v) is 6.51. The van der Waals surface area contributed by atoms with Gasteiger partial charge in [0.15, 0.2) is 0 Å². The molecule has 2 saturated heterocycles. The third kappa shape index (κ3) is 3.06. The molecule has 2 aliphatic rings. The third-order valence-electron chi connectivity index (χ3n) is 5.11. The fraction of sp³-hybridized carbons (Fsp3) is 0.400. The Hall–Kier alpha value is -2.20. The van der Waals surface area contributed by atoms with Crippen LogP contribution in [0.5, 0.6) is 0 Å². The summed E-state index contributed by atoms with van der Waals surface area (Å²) in [6.45, 7) is 3.32. The summed E-state index contributed by atoms with van der Waals surface area (Å²) in [5, 5.41) is 3.39. The lowest BCUT2D eigenvalue weighted by Gasteiger charge is -2.41. The second-order valence-electron chi connectivity index (χ2n) is 6.51. The molecule has 1 N–H and O–H groups in total. The number of benzene rings is 1. The van der Waals surface area contributed by atoms with Crippen LogP contribution in [-0.4, -0.2) is 42.0 Å². The van der Waals surface area contributed by atoms with Crippen molar-refractivity contribution < 1.29 is 4.79 Å². The highest BCUT2D eigenvalue weighted by atomic mass is 16.2. The zero-order valence-electron chi connectivity index (χ0n) is 13.1. The van der Waals surface area contributed by atoms with Crippen molar-refractivity contribution in [2.75, 3.05) is 26.2 Å². The van der Waals surface area contributed by atoms with Crippen LogP contribution in [0.3, 0.4) is 0 Å². The molecule has 2 aromatic rings. The topological polar surface area (TPSA) is 45.2 Å². The average Bonchev–Trinajstić information content (AvgIpc) is 3.05. The van der Waals surface area contributed by atoms with Gasteiger partial charge in [0.1, 0.15) is 0 Å². The number of nitrogens with zero attached hydrogens (tertiary/aromatic N) is 2. The Bertz CT molecular complexity index is 668. The van der Waals surface area contributed by atoms with E-state index in [1.165, 1.54) is 11.1 Å². The molecule has 126 valence electrons. The van der Waals surface area contributed by atoms with Crippen molar-refractivity contribution in [2.24, 2.45) is 5.92 Å². The van der Waals surface area contributed by atoms with Gasteiger partial charge in [-0.2, -0.15) is 0 Å². The first-order valence-corrected chi connectivity index (χ1v) is 8.27. The van der Waals surface area contributed by atoms with Crippen LogP contribution in [0.15, 0.2) is 54.9 Å². The van der Waals surface area contributed by atoms with Gasteiger partial charge in [-0.05, 0) is 17.2 Å². The Kier molecular flexibility index (Phi) is 4.95. The van der Waals surface area contributed by atoms with Crippen molar-refractivity contribution in [1.29, 1.82) is 0 Å². The normalized spacial score (nSPS) is 23.4. The van der Waals surface area contributed by atoms with Crippen LogP contribution in [0.2, 0.25) is 0 Å². The molecule has 2 unspecified atom stereocenters. The summed E-state index contributed by atoms with van der Waals surface area (Å²) in [6, 6.07) is 14.5. The molecule has 4 nitrogen and oxygen atoms in total. The molecule has 1 aromatic carbocycles. The summed E-state index contributed by atoms with van der Waals surface area (Å²) in [7, 11) is 0. The molecule has 24 heavy (non-hydrogen) atoms. The molecule has 1 aromatic heterocycles. The van der Waals surface area contributed by atoms with Gasteiger partial charge in [-0.25, -0.2) is 0 Å². The number of likely N-dealkylation sites (tertiary alicyclic amines) is 1. The summed E-state index contributed by atoms with van der Waals surface area (Å²) in [5.74, 6) is 1.09. The zero-order chi connectivity index (χ0) is 15.6. The van der Waals surface area contributed by atoms with Gasteiger partial charge in [-0.15, -0.1) is 0 Å². The first-order valence-electron chi connectivity index (χ1n) is 8.27. The monoisotopic (exact) mass is 323 g/mol. The largest absolute Gasteiger partial charge is 0.341 e. The van der Waals surface area contributed by atoms with Gasteiger partial charge in [0, 0.05) is 50.4 Å². The van der Waals surface area contributed by atoms with E-state index in [1.54, 1.807) is 6.20 Å². The van der Waals surface area contributed by atoms with Crippen molar-refractivity contribution in [3.05, 3.63) is 66.0 Å². The summed E-state index contributed by atoms with van der Waals surface area (Å²) >= 11 is 0. The van der Waals surface area contributed by atoms with Gasteiger partial charge in [0.25, 0.3) is 0 Å². The molecule has 0 spiro atoms. The Morgan fingerprint density at radius 3 is 2.50 bits per heavy atom. The minimum Gasteiger partial charge on any atom is -0.341 e. The highest BCUT2D eigenvalue weighted by molar-refractivity contribution is 5.81. The maximum absolute atomic E-state index is 12.9. The third-order valence-corrected chi connectivity index (χ3v) is 5.11. The van der Waals surface area contributed by atoms with Gasteiger partial charge in [0.05, 0.1) is 5.92 Å². The fourth-order valence-corrected chi connectivity index (χ4v) is 3.71. The molecular formula is C20H25N3O.